The lowest BCUT2D eigenvalue weighted by Crippen LogP contribution is -2.31. The van der Waals surface area contributed by atoms with E-state index < -0.39 is 20.3 Å². The molecule has 0 aliphatic carbocycles. The SMILES string of the molecule is O=C1C[C@H](Sc2ccc([N+](=O)[O-])cc2)C(=O)N1c1ccc(Cc2ccc(N3C(=O)C[C@H](Sc4ccc([N+](=O)[O-])cc4)C3=O)cc2)cc1. The van der Waals surface area contributed by atoms with Crippen molar-refractivity contribution in [3.05, 3.63) is 128 Å². The van der Waals surface area contributed by atoms with Crippen LogP contribution in [-0.2, 0) is 25.6 Å². The van der Waals surface area contributed by atoms with Gasteiger partial charge >= 0.3 is 0 Å². The Morgan fingerprint density at radius 3 is 1.21 bits per heavy atom. The van der Waals surface area contributed by atoms with Gasteiger partial charge in [-0.15, -0.1) is 23.5 Å². The number of thioether (sulfide) groups is 2. The maximum Gasteiger partial charge on any atom is 0.269 e. The maximum absolute atomic E-state index is 13.1. The van der Waals surface area contributed by atoms with E-state index in [9.17, 15) is 39.4 Å². The second kappa shape index (κ2) is 13.2. The van der Waals surface area contributed by atoms with E-state index in [4.69, 9.17) is 0 Å². The summed E-state index contributed by atoms with van der Waals surface area (Å²) < 4.78 is 0. The quantitative estimate of drug-likeness (QED) is 0.112. The summed E-state index contributed by atoms with van der Waals surface area (Å²) in [7, 11) is 0. The molecule has 0 aromatic heterocycles. The second-order valence-corrected chi connectivity index (χ2v) is 13.3. The first-order valence-electron chi connectivity index (χ1n) is 14.3. The number of nitrogens with zero attached hydrogens (tertiary/aromatic N) is 4. The molecule has 2 saturated heterocycles. The first-order valence-corrected chi connectivity index (χ1v) is 16.1. The van der Waals surface area contributed by atoms with E-state index >= 15 is 0 Å². The van der Waals surface area contributed by atoms with Gasteiger partial charge in [-0.3, -0.25) is 39.4 Å². The largest absolute Gasteiger partial charge is 0.274 e. The summed E-state index contributed by atoms with van der Waals surface area (Å²) in [5.41, 5.74) is 2.65. The molecule has 0 N–H and O–H groups in total. The van der Waals surface area contributed by atoms with Gasteiger partial charge in [-0.25, -0.2) is 9.80 Å². The highest BCUT2D eigenvalue weighted by atomic mass is 32.2. The monoisotopic (exact) mass is 668 g/mol. The van der Waals surface area contributed by atoms with Gasteiger partial charge in [0, 0.05) is 46.9 Å². The number of benzene rings is 4. The third-order valence-corrected chi connectivity index (χ3v) is 10.1. The van der Waals surface area contributed by atoms with E-state index in [-0.39, 0.29) is 47.8 Å². The number of amides is 4. The van der Waals surface area contributed by atoms with Gasteiger partial charge < -0.3 is 0 Å². The molecule has 2 heterocycles. The van der Waals surface area contributed by atoms with Crippen LogP contribution in [0.25, 0.3) is 0 Å². The predicted molar refractivity (Wildman–Crippen MR) is 175 cm³/mol. The third kappa shape index (κ3) is 6.78. The summed E-state index contributed by atoms with van der Waals surface area (Å²) >= 11 is 2.39. The Labute approximate surface area is 276 Å². The zero-order chi connectivity index (χ0) is 33.2. The number of non-ortho nitro benzene ring substituents is 2. The van der Waals surface area contributed by atoms with Crippen LogP contribution in [0.4, 0.5) is 22.7 Å². The topological polar surface area (TPSA) is 161 Å². The zero-order valence-electron chi connectivity index (χ0n) is 24.4. The van der Waals surface area contributed by atoms with E-state index in [1.165, 1.54) is 57.6 Å². The number of carbonyl (C=O) groups is 4. The molecule has 4 aromatic carbocycles. The van der Waals surface area contributed by atoms with E-state index in [1.54, 1.807) is 48.5 Å². The third-order valence-electron chi connectivity index (χ3n) is 7.66. The summed E-state index contributed by atoms with van der Waals surface area (Å²) in [5.74, 6) is -1.34. The van der Waals surface area contributed by atoms with Crippen molar-refractivity contribution in [2.24, 2.45) is 0 Å². The normalized spacial score (nSPS) is 17.9. The number of nitro groups is 2. The molecule has 2 aliphatic heterocycles. The summed E-state index contributed by atoms with van der Waals surface area (Å²) in [6.45, 7) is 0. The molecule has 14 heteroatoms. The smallest absolute Gasteiger partial charge is 0.269 e. The Hall–Kier alpha value is -5.34. The first-order chi connectivity index (χ1) is 22.6. The number of hydrogen-bond donors (Lipinski definition) is 0. The van der Waals surface area contributed by atoms with E-state index in [1.807, 2.05) is 24.3 Å². The number of hydrogen-bond acceptors (Lipinski definition) is 10. The van der Waals surface area contributed by atoms with E-state index in [0.29, 0.717) is 27.6 Å². The number of rotatable bonds is 10. The summed E-state index contributed by atoms with van der Waals surface area (Å²) in [5, 5.41) is 20.5. The van der Waals surface area contributed by atoms with Crippen LogP contribution >= 0.6 is 23.5 Å². The number of nitro benzene ring substituents is 2. The molecule has 4 aromatic rings. The Balaban J connectivity index is 1.06. The van der Waals surface area contributed by atoms with Crippen LogP contribution in [0.3, 0.4) is 0 Å². The Bertz CT molecular complexity index is 1760. The minimum absolute atomic E-state index is 0.0209. The van der Waals surface area contributed by atoms with Crippen molar-refractivity contribution < 1.29 is 29.0 Å². The average molecular weight is 669 g/mol. The van der Waals surface area contributed by atoms with Gasteiger partial charge in [0.2, 0.25) is 23.6 Å². The van der Waals surface area contributed by atoms with Gasteiger partial charge in [0.05, 0.1) is 31.7 Å². The first kappa shape index (κ1) is 31.6. The molecule has 2 atom stereocenters. The molecule has 4 amide bonds. The molecule has 0 unspecified atom stereocenters. The van der Waals surface area contributed by atoms with Gasteiger partial charge in [-0.05, 0) is 66.1 Å². The van der Waals surface area contributed by atoms with Crippen molar-refractivity contribution in [1.29, 1.82) is 0 Å². The summed E-state index contributed by atoms with van der Waals surface area (Å²) in [6.07, 6.45) is 0.571. The summed E-state index contributed by atoms with van der Waals surface area (Å²) in [4.78, 5) is 76.2. The number of carbonyl (C=O) groups excluding carboxylic acids is 4. The van der Waals surface area contributed by atoms with Crippen molar-refractivity contribution in [3.63, 3.8) is 0 Å². The lowest BCUT2D eigenvalue weighted by molar-refractivity contribution is -0.385. The lowest BCUT2D eigenvalue weighted by atomic mass is 10.0. The molecule has 2 fully saturated rings. The lowest BCUT2D eigenvalue weighted by Gasteiger charge is -2.16. The average Bonchev–Trinajstić information content (AvgIpc) is 3.50. The fourth-order valence-corrected chi connectivity index (χ4v) is 7.43. The molecule has 0 bridgehead atoms. The molecular weight excluding hydrogens is 645 g/mol. The van der Waals surface area contributed by atoms with Gasteiger partial charge in [0.1, 0.15) is 0 Å². The molecular formula is C33H24N4O8S2. The van der Waals surface area contributed by atoms with Crippen LogP contribution in [0, 0.1) is 20.2 Å². The number of anilines is 2. The molecule has 12 nitrogen and oxygen atoms in total. The maximum atomic E-state index is 13.1. The van der Waals surface area contributed by atoms with Crippen molar-refractivity contribution >= 4 is 69.9 Å². The van der Waals surface area contributed by atoms with Crippen LogP contribution in [0.5, 0.6) is 0 Å². The van der Waals surface area contributed by atoms with Gasteiger partial charge in [0.15, 0.2) is 0 Å². The minimum atomic E-state index is -0.632. The minimum Gasteiger partial charge on any atom is -0.274 e. The Morgan fingerprint density at radius 1 is 0.553 bits per heavy atom. The van der Waals surface area contributed by atoms with Crippen molar-refractivity contribution in [1.82, 2.24) is 0 Å². The Kier molecular flexibility index (Phi) is 8.87. The van der Waals surface area contributed by atoms with Gasteiger partial charge in [-0.2, -0.15) is 0 Å². The summed E-state index contributed by atoms with van der Waals surface area (Å²) in [6, 6.07) is 25.8. The molecule has 0 saturated carbocycles. The van der Waals surface area contributed by atoms with E-state index in [2.05, 4.69) is 0 Å². The highest BCUT2D eigenvalue weighted by Gasteiger charge is 2.41. The molecule has 236 valence electrons. The van der Waals surface area contributed by atoms with Crippen molar-refractivity contribution in [2.75, 3.05) is 9.80 Å². The fraction of sp³-hybridized carbons (Fsp3) is 0.152. The Morgan fingerprint density at radius 2 is 0.894 bits per heavy atom. The van der Waals surface area contributed by atoms with Crippen LogP contribution in [0.2, 0.25) is 0 Å². The highest BCUT2D eigenvalue weighted by Crippen LogP contribution is 2.36. The van der Waals surface area contributed by atoms with Gasteiger partial charge in [0.25, 0.3) is 11.4 Å². The molecule has 0 radical (unpaired) electrons. The zero-order valence-corrected chi connectivity index (χ0v) is 26.0. The van der Waals surface area contributed by atoms with Crippen molar-refractivity contribution in [3.8, 4) is 0 Å². The molecule has 6 rings (SSSR count). The van der Waals surface area contributed by atoms with Crippen LogP contribution in [0.1, 0.15) is 24.0 Å². The second-order valence-electron chi connectivity index (χ2n) is 10.8. The standard InChI is InChI=1S/C33H24N4O8S2/c38-30-18-28(46-26-13-9-24(10-14-26)36(42)43)32(40)34(30)22-5-1-20(2-6-22)17-21-3-7-23(8-4-21)35-31(39)19-29(33(35)41)47-27-15-11-25(12-16-27)37(44)45/h1-16,28-29H,17-19H2/t28-,29-/m0/s1. The molecule has 2 aliphatic rings. The van der Waals surface area contributed by atoms with Crippen molar-refractivity contribution in [2.45, 2.75) is 39.6 Å². The van der Waals surface area contributed by atoms with Crippen LogP contribution in [0.15, 0.2) is 107 Å². The predicted octanol–water partition coefficient (Wildman–Crippen LogP) is 5.94. The van der Waals surface area contributed by atoms with E-state index in [0.717, 1.165) is 11.1 Å². The highest BCUT2D eigenvalue weighted by molar-refractivity contribution is 8.01. The van der Waals surface area contributed by atoms with Crippen LogP contribution < -0.4 is 9.80 Å². The van der Waals surface area contributed by atoms with Crippen LogP contribution in [-0.4, -0.2) is 44.0 Å². The molecule has 0 spiro atoms. The number of imide groups is 2. The molecule has 47 heavy (non-hydrogen) atoms. The van der Waals surface area contributed by atoms with Gasteiger partial charge in [-0.1, -0.05) is 24.3 Å². The fourth-order valence-electron chi connectivity index (χ4n) is 5.32.